The smallest absolute Gasteiger partial charge is 0.338 e. The number of carbonyl (C=O) groups excluding carboxylic acids is 4. The summed E-state index contributed by atoms with van der Waals surface area (Å²) >= 11 is 0. The summed E-state index contributed by atoms with van der Waals surface area (Å²) in [5.41, 5.74) is 0.504. The van der Waals surface area contributed by atoms with Gasteiger partial charge in [-0.2, -0.15) is 0 Å². The number of non-ortho nitro benzene ring substituents is 1. The van der Waals surface area contributed by atoms with E-state index in [1.54, 1.807) is 0 Å². The van der Waals surface area contributed by atoms with E-state index < -0.39 is 28.7 Å². The minimum Gasteiger partial charge on any atom is -0.461 e. The standard InChI is InChI=1S/C34H41N5O8/c1-5-37(6-2)19-21-46-33(42)24-9-13-26(14-10-24)35-31(40)29-18-17-28(39(44)45)23-30(29)32(41)36-27-15-11-25(12-16-27)34(43)47-22-20-38(7-3)8-4/h9-18,23H,5-8,19-22H2,1-4H3,(H,35,40)(H,36,41). The number of rotatable bonds is 17. The van der Waals surface area contributed by atoms with Crippen molar-refractivity contribution in [3.05, 3.63) is 99.1 Å². The molecule has 13 heteroatoms. The number of hydrogen-bond donors (Lipinski definition) is 2. The van der Waals surface area contributed by atoms with Gasteiger partial charge < -0.3 is 29.9 Å². The number of nitrogens with zero attached hydrogens (tertiary/aromatic N) is 3. The molecular formula is C34H41N5O8. The maximum atomic E-state index is 13.3. The molecule has 0 heterocycles. The van der Waals surface area contributed by atoms with Crippen molar-refractivity contribution in [1.82, 2.24) is 9.80 Å². The number of nitro benzene ring substituents is 1. The first-order valence-corrected chi connectivity index (χ1v) is 15.5. The zero-order valence-corrected chi connectivity index (χ0v) is 27.1. The number of benzene rings is 3. The van der Waals surface area contributed by atoms with Gasteiger partial charge in [-0.25, -0.2) is 9.59 Å². The average Bonchev–Trinajstić information content (AvgIpc) is 3.08. The van der Waals surface area contributed by atoms with Crippen molar-refractivity contribution in [2.75, 3.05) is 63.1 Å². The summed E-state index contributed by atoms with van der Waals surface area (Å²) in [7, 11) is 0. The van der Waals surface area contributed by atoms with Gasteiger partial charge in [-0.1, -0.05) is 27.7 Å². The Morgan fingerprint density at radius 1 is 0.638 bits per heavy atom. The summed E-state index contributed by atoms with van der Waals surface area (Å²) in [6.45, 7) is 13.2. The lowest BCUT2D eigenvalue weighted by Gasteiger charge is -2.17. The van der Waals surface area contributed by atoms with E-state index in [0.717, 1.165) is 38.3 Å². The van der Waals surface area contributed by atoms with Crippen LogP contribution < -0.4 is 10.6 Å². The molecule has 47 heavy (non-hydrogen) atoms. The fourth-order valence-corrected chi connectivity index (χ4v) is 4.59. The van der Waals surface area contributed by atoms with Crippen LogP contribution in [0, 0.1) is 10.1 Å². The van der Waals surface area contributed by atoms with Crippen LogP contribution in [-0.2, 0) is 9.47 Å². The van der Waals surface area contributed by atoms with Gasteiger partial charge in [0.1, 0.15) is 13.2 Å². The van der Waals surface area contributed by atoms with Crippen LogP contribution in [0.5, 0.6) is 0 Å². The Morgan fingerprint density at radius 2 is 1.04 bits per heavy atom. The van der Waals surface area contributed by atoms with E-state index >= 15 is 0 Å². The van der Waals surface area contributed by atoms with Crippen LogP contribution in [0.4, 0.5) is 17.1 Å². The molecule has 0 aliphatic carbocycles. The third-order valence-electron chi connectivity index (χ3n) is 7.53. The molecule has 2 N–H and O–H groups in total. The Balaban J connectivity index is 1.67. The minimum atomic E-state index is -0.767. The first-order valence-electron chi connectivity index (χ1n) is 15.5. The summed E-state index contributed by atoms with van der Waals surface area (Å²) in [6, 6.07) is 15.3. The van der Waals surface area contributed by atoms with Crippen molar-refractivity contribution in [3.63, 3.8) is 0 Å². The highest BCUT2D eigenvalue weighted by atomic mass is 16.6. The molecule has 0 fully saturated rings. The van der Waals surface area contributed by atoms with Gasteiger partial charge in [-0.3, -0.25) is 19.7 Å². The first-order chi connectivity index (χ1) is 22.6. The molecule has 0 aliphatic rings. The second kappa shape index (κ2) is 18.1. The molecule has 0 atom stereocenters. The maximum absolute atomic E-state index is 13.3. The Morgan fingerprint density at radius 3 is 1.43 bits per heavy atom. The Bertz CT molecular complexity index is 1540. The number of nitro groups is 1. The maximum Gasteiger partial charge on any atom is 0.338 e. The number of likely N-dealkylation sites (N-methyl/N-ethyl adjacent to an activating group) is 2. The molecule has 0 unspecified atom stereocenters. The van der Waals surface area contributed by atoms with Crippen LogP contribution in [0.2, 0.25) is 0 Å². The van der Waals surface area contributed by atoms with E-state index in [9.17, 15) is 29.3 Å². The number of carbonyl (C=O) groups is 4. The minimum absolute atomic E-state index is 0.110. The Hall–Kier alpha value is -5.14. The van der Waals surface area contributed by atoms with Gasteiger partial charge in [0, 0.05) is 36.6 Å². The fraction of sp³-hybridized carbons (Fsp3) is 0.353. The van der Waals surface area contributed by atoms with Gasteiger partial charge in [-0.15, -0.1) is 0 Å². The number of nitrogens with one attached hydrogen (secondary N) is 2. The highest BCUT2D eigenvalue weighted by molar-refractivity contribution is 6.15. The summed E-state index contributed by atoms with van der Waals surface area (Å²) in [5.74, 6) is -2.46. The SMILES string of the molecule is CCN(CC)CCOC(=O)c1ccc(NC(=O)c2ccc([N+](=O)[O-])cc2C(=O)Nc2ccc(C(=O)OCCN(CC)CC)cc2)cc1. The van der Waals surface area contributed by atoms with Crippen molar-refractivity contribution >= 4 is 40.8 Å². The van der Waals surface area contributed by atoms with Crippen molar-refractivity contribution in [2.24, 2.45) is 0 Å². The van der Waals surface area contributed by atoms with Crippen molar-refractivity contribution in [3.8, 4) is 0 Å². The number of hydrogen-bond acceptors (Lipinski definition) is 10. The van der Waals surface area contributed by atoms with Crippen LogP contribution >= 0.6 is 0 Å². The van der Waals surface area contributed by atoms with E-state index in [4.69, 9.17) is 9.47 Å². The highest BCUT2D eigenvalue weighted by Gasteiger charge is 2.22. The normalized spacial score (nSPS) is 10.9. The van der Waals surface area contributed by atoms with Gasteiger partial charge in [0.05, 0.1) is 27.2 Å². The van der Waals surface area contributed by atoms with E-state index in [1.165, 1.54) is 54.6 Å². The zero-order valence-electron chi connectivity index (χ0n) is 27.1. The van der Waals surface area contributed by atoms with Crippen LogP contribution in [-0.4, -0.2) is 91.0 Å². The first kappa shape index (κ1) is 36.3. The van der Waals surface area contributed by atoms with Crippen molar-refractivity contribution in [1.29, 1.82) is 0 Å². The monoisotopic (exact) mass is 647 g/mol. The summed E-state index contributed by atoms with van der Waals surface area (Å²) in [6.07, 6.45) is 0. The predicted octanol–water partition coefficient (Wildman–Crippen LogP) is 5.10. The van der Waals surface area contributed by atoms with Crippen molar-refractivity contribution < 1.29 is 33.6 Å². The third-order valence-corrected chi connectivity index (χ3v) is 7.53. The number of esters is 2. The Labute approximate surface area is 274 Å². The molecular weight excluding hydrogens is 606 g/mol. The molecule has 0 saturated heterocycles. The highest BCUT2D eigenvalue weighted by Crippen LogP contribution is 2.22. The van der Waals surface area contributed by atoms with Gasteiger partial charge >= 0.3 is 11.9 Å². The molecule has 0 saturated carbocycles. The molecule has 0 aliphatic heterocycles. The molecule has 250 valence electrons. The summed E-state index contributed by atoms with van der Waals surface area (Å²) in [5, 5.41) is 16.7. The molecule has 3 aromatic rings. The van der Waals surface area contributed by atoms with Crippen LogP contribution in [0.3, 0.4) is 0 Å². The molecule has 0 radical (unpaired) electrons. The lowest BCUT2D eigenvalue weighted by atomic mass is 10.0. The van der Waals surface area contributed by atoms with Gasteiger partial charge in [0.2, 0.25) is 0 Å². The number of ether oxygens (including phenoxy) is 2. The molecule has 0 aromatic heterocycles. The fourth-order valence-electron chi connectivity index (χ4n) is 4.59. The topological polar surface area (TPSA) is 160 Å². The second-order valence-corrected chi connectivity index (χ2v) is 10.4. The van der Waals surface area contributed by atoms with E-state index in [0.29, 0.717) is 30.0 Å². The molecule has 3 aromatic carbocycles. The molecule has 0 bridgehead atoms. The van der Waals surface area contributed by atoms with Gasteiger partial charge in [0.15, 0.2) is 0 Å². The van der Waals surface area contributed by atoms with E-state index in [-0.39, 0.29) is 35.6 Å². The van der Waals surface area contributed by atoms with Crippen LogP contribution in [0.1, 0.15) is 69.1 Å². The van der Waals surface area contributed by atoms with Crippen LogP contribution in [0.25, 0.3) is 0 Å². The predicted molar refractivity (Wildman–Crippen MR) is 178 cm³/mol. The van der Waals surface area contributed by atoms with Crippen LogP contribution in [0.15, 0.2) is 66.7 Å². The number of anilines is 2. The van der Waals surface area contributed by atoms with E-state index in [2.05, 4.69) is 20.4 Å². The Kier molecular flexibility index (Phi) is 14.0. The largest absolute Gasteiger partial charge is 0.461 e. The quantitative estimate of drug-likeness (QED) is 0.115. The van der Waals surface area contributed by atoms with Gasteiger partial charge in [0.25, 0.3) is 17.5 Å². The zero-order chi connectivity index (χ0) is 34.3. The average molecular weight is 648 g/mol. The van der Waals surface area contributed by atoms with Crippen molar-refractivity contribution in [2.45, 2.75) is 27.7 Å². The summed E-state index contributed by atoms with van der Waals surface area (Å²) in [4.78, 5) is 66.3. The molecule has 3 rings (SSSR count). The summed E-state index contributed by atoms with van der Waals surface area (Å²) < 4.78 is 10.7. The number of amides is 2. The molecule has 0 spiro atoms. The molecule has 2 amide bonds. The van der Waals surface area contributed by atoms with Gasteiger partial charge in [-0.05, 0) is 80.8 Å². The molecule has 13 nitrogen and oxygen atoms in total. The van der Waals surface area contributed by atoms with E-state index in [1.807, 2.05) is 27.7 Å². The lowest BCUT2D eigenvalue weighted by Crippen LogP contribution is -2.27. The lowest BCUT2D eigenvalue weighted by molar-refractivity contribution is -0.384. The second-order valence-electron chi connectivity index (χ2n) is 10.4. The third kappa shape index (κ3) is 10.7.